The van der Waals surface area contributed by atoms with Gasteiger partial charge >= 0.3 is 0 Å². The Labute approximate surface area is 157 Å². The second-order valence-electron chi connectivity index (χ2n) is 6.15. The summed E-state index contributed by atoms with van der Waals surface area (Å²) in [4.78, 5) is 28.3. The van der Waals surface area contributed by atoms with Crippen LogP contribution in [-0.4, -0.2) is 49.4 Å². The predicted octanol–water partition coefficient (Wildman–Crippen LogP) is 2.57. The smallest absolute Gasteiger partial charge is 0.287 e. The Morgan fingerprint density at radius 1 is 1.15 bits per heavy atom. The van der Waals surface area contributed by atoms with Gasteiger partial charge in [0.25, 0.3) is 5.91 Å². The fourth-order valence-electron chi connectivity index (χ4n) is 2.93. The second-order valence-corrected chi connectivity index (χ2v) is 6.59. The summed E-state index contributed by atoms with van der Waals surface area (Å²) in [7, 11) is 0. The molecule has 0 aliphatic carbocycles. The van der Waals surface area contributed by atoms with E-state index in [2.05, 4.69) is 10.2 Å². The van der Waals surface area contributed by atoms with E-state index in [0.717, 1.165) is 31.0 Å². The van der Waals surface area contributed by atoms with Crippen molar-refractivity contribution in [2.24, 2.45) is 0 Å². The molecule has 2 amide bonds. The summed E-state index contributed by atoms with van der Waals surface area (Å²) in [5, 5.41) is 3.33. The Morgan fingerprint density at radius 3 is 2.58 bits per heavy atom. The normalized spacial score (nSPS) is 14.4. The van der Waals surface area contributed by atoms with Crippen LogP contribution in [0.3, 0.4) is 0 Å². The van der Waals surface area contributed by atoms with Crippen LogP contribution in [0.4, 0.5) is 5.69 Å². The molecule has 2 aromatic rings. The number of amides is 2. The molecule has 3 rings (SSSR count). The minimum atomic E-state index is -0.365. The molecule has 1 aliphatic heterocycles. The topological polar surface area (TPSA) is 65.8 Å². The van der Waals surface area contributed by atoms with Gasteiger partial charge in [-0.05, 0) is 30.3 Å². The minimum absolute atomic E-state index is 0.0296. The lowest BCUT2D eigenvalue weighted by molar-refractivity contribution is -0.130. The third-order valence-electron chi connectivity index (χ3n) is 4.44. The Balaban J connectivity index is 1.47. The van der Waals surface area contributed by atoms with Crippen molar-refractivity contribution in [1.29, 1.82) is 0 Å². The number of piperazine rings is 1. The maximum atomic E-state index is 12.3. The van der Waals surface area contributed by atoms with Crippen LogP contribution in [0.2, 0.25) is 5.02 Å². The van der Waals surface area contributed by atoms with Gasteiger partial charge in [0.1, 0.15) is 5.76 Å². The Morgan fingerprint density at radius 2 is 1.92 bits per heavy atom. The number of nitrogens with zero attached hydrogens (tertiary/aromatic N) is 2. The van der Waals surface area contributed by atoms with Gasteiger partial charge in [0.2, 0.25) is 5.91 Å². The highest BCUT2D eigenvalue weighted by molar-refractivity contribution is 6.30. The molecule has 1 aromatic heterocycles. The highest BCUT2D eigenvalue weighted by Crippen LogP contribution is 2.20. The number of rotatable bonds is 5. The molecule has 0 spiro atoms. The van der Waals surface area contributed by atoms with E-state index >= 15 is 0 Å². The van der Waals surface area contributed by atoms with Crippen molar-refractivity contribution in [1.82, 2.24) is 10.2 Å². The van der Waals surface area contributed by atoms with Crippen molar-refractivity contribution in [3.63, 3.8) is 0 Å². The fraction of sp³-hybridized carbons (Fsp3) is 0.368. The number of halogens is 1. The highest BCUT2D eigenvalue weighted by atomic mass is 35.5. The number of benzene rings is 1. The maximum Gasteiger partial charge on any atom is 0.287 e. The van der Waals surface area contributed by atoms with Gasteiger partial charge in [0.05, 0.1) is 6.54 Å². The molecule has 0 bridgehead atoms. The molecule has 2 heterocycles. The summed E-state index contributed by atoms with van der Waals surface area (Å²) in [5.74, 6) is 0.529. The Kier molecular flexibility index (Phi) is 5.83. The molecule has 0 unspecified atom stereocenters. The monoisotopic (exact) mass is 375 g/mol. The van der Waals surface area contributed by atoms with Crippen molar-refractivity contribution < 1.29 is 14.0 Å². The Hall–Kier alpha value is -2.47. The van der Waals surface area contributed by atoms with Crippen LogP contribution in [0.5, 0.6) is 0 Å². The molecular formula is C19H22ClN3O3. The molecule has 26 heavy (non-hydrogen) atoms. The lowest BCUT2D eigenvalue weighted by Gasteiger charge is -2.36. The second kappa shape index (κ2) is 8.27. The van der Waals surface area contributed by atoms with Crippen LogP contribution >= 0.6 is 11.6 Å². The summed E-state index contributed by atoms with van der Waals surface area (Å²) in [6.07, 6.45) is 0.725. The number of hydrogen-bond acceptors (Lipinski definition) is 4. The van der Waals surface area contributed by atoms with Gasteiger partial charge in [0.15, 0.2) is 5.76 Å². The van der Waals surface area contributed by atoms with Gasteiger partial charge in [-0.3, -0.25) is 9.59 Å². The average Bonchev–Trinajstić information content (AvgIpc) is 3.15. The van der Waals surface area contributed by atoms with Crippen molar-refractivity contribution in [3.8, 4) is 0 Å². The molecule has 0 saturated carbocycles. The van der Waals surface area contributed by atoms with Crippen LogP contribution in [0.15, 0.2) is 40.8 Å². The first-order valence-corrected chi connectivity index (χ1v) is 9.10. The number of hydrogen-bond donors (Lipinski definition) is 1. The van der Waals surface area contributed by atoms with Crippen molar-refractivity contribution in [3.05, 3.63) is 52.9 Å². The van der Waals surface area contributed by atoms with E-state index in [4.69, 9.17) is 16.0 Å². The summed E-state index contributed by atoms with van der Waals surface area (Å²) in [5.41, 5.74) is 1.06. The zero-order chi connectivity index (χ0) is 18.5. The number of carbonyl (C=O) groups excluding carboxylic acids is 2. The molecule has 0 radical (unpaired) electrons. The van der Waals surface area contributed by atoms with Gasteiger partial charge in [-0.1, -0.05) is 24.6 Å². The SMILES string of the molecule is CCc1ccc(C(=O)NCC(=O)N2CCN(c3cccc(Cl)c3)CC2)o1. The molecule has 1 N–H and O–H groups in total. The van der Waals surface area contributed by atoms with Gasteiger partial charge in [0, 0.05) is 43.3 Å². The largest absolute Gasteiger partial charge is 0.456 e. The predicted molar refractivity (Wildman–Crippen MR) is 101 cm³/mol. The maximum absolute atomic E-state index is 12.3. The third kappa shape index (κ3) is 4.38. The van der Waals surface area contributed by atoms with Gasteiger partial charge < -0.3 is 19.5 Å². The van der Waals surface area contributed by atoms with Crippen LogP contribution in [0, 0.1) is 0 Å². The van der Waals surface area contributed by atoms with Crippen LogP contribution < -0.4 is 10.2 Å². The van der Waals surface area contributed by atoms with Crippen molar-refractivity contribution in [2.45, 2.75) is 13.3 Å². The molecule has 1 aliphatic rings. The molecule has 1 aromatic carbocycles. The van der Waals surface area contributed by atoms with E-state index < -0.39 is 0 Å². The molecule has 7 heteroatoms. The number of furan rings is 1. The van der Waals surface area contributed by atoms with E-state index in [1.807, 2.05) is 31.2 Å². The van der Waals surface area contributed by atoms with Gasteiger partial charge in [-0.2, -0.15) is 0 Å². The lowest BCUT2D eigenvalue weighted by Crippen LogP contribution is -2.51. The van der Waals surface area contributed by atoms with E-state index in [1.165, 1.54) is 0 Å². The molecule has 0 atom stereocenters. The van der Waals surface area contributed by atoms with E-state index in [9.17, 15) is 9.59 Å². The van der Waals surface area contributed by atoms with Gasteiger partial charge in [-0.15, -0.1) is 0 Å². The minimum Gasteiger partial charge on any atom is -0.456 e. The zero-order valence-electron chi connectivity index (χ0n) is 14.7. The molecule has 6 nitrogen and oxygen atoms in total. The number of nitrogens with one attached hydrogen (secondary N) is 1. The fourth-order valence-corrected chi connectivity index (χ4v) is 3.12. The quantitative estimate of drug-likeness (QED) is 0.872. The van der Waals surface area contributed by atoms with Crippen molar-refractivity contribution in [2.75, 3.05) is 37.6 Å². The van der Waals surface area contributed by atoms with Crippen LogP contribution in [-0.2, 0) is 11.2 Å². The van der Waals surface area contributed by atoms with E-state index in [-0.39, 0.29) is 24.1 Å². The summed E-state index contributed by atoms with van der Waals surface area (Å²) < 4.78 is 5.39. The van der Waals surface area contributed by atoms with Crippen molar-refractivity contribution >= 4 is 29.1 Å². The standard InChI is InChI=1S/C19H22ClN3O3/c1-2-16-6-7-17(26-16)19(25)21-13-18(24)23-10-8-22(9-11-23)15-5-3-4-14(20)12-15/h3-7,12H,2,8-11,13H2,1H3,(H,21,25). The number of carbonyl (C=O) groups is 2. The summed E-state index contributed by atoms with van der Waals surface area (Å²) >= 11 is 6.04. The summed E-state index contributed by atoms with van der Waals surface area (Å²) in [6, 6.07) is 11.1. The molecular weight excluding hydrogens is 354 g/mol. The lowest BCUT2D eigenvalue weighted by atomic mass is 10.2. The Bertz CT molecular complexity index is 782. The summed E-state index contributed by atoms with van der Waals surface area (Å²) in [6.45, 7) is 4.62. The average molecular weight is 376 g/mol. The third-order valence-corrected chi connectivity index (χ3v) is 4.67. The van der Waals surface area contributed by atoms with E-state index in [1.54, 1.807) is 17.0 Å². The first kappa shape index (κ1) is 18.3. The number of aryl methyl sites for hydroxylation is 1. The highest BCUT2D eigenvalue weighted by Gasteiger charge is 2.22. The first-order chi connectivity index (χ1) is 12.6. The van der Waals surface area contributed by atoms with Crippen LogP contribution in [0.25, 0.3) is 0 Å². The molecule has 1 saturated heterocycles. The first-order valence-electron chi connectivity index (χ1n) is 8.72. The van der Waals surface area contributed by atoms with Gasteiger partial charge in [-0.25, -0.2) is 0 Å². The number of anilines is 1. The zero-order valence-corrected chi connectivity index (χ0v) is 15.5. The van der Waals surface area contributed by atoms with E-state index in [0.29, 0.717) is 18.1 Å². The molecule has 138 valence electrons. The van der Waals surface area contributed by atoms with Crippen LogP contribution in [0.1, 0.15) is 23.2 Å². The molecule has 1 fully saturated rings.